The molecule has 98 valence electrons. The van der Waals surface area contributed by atoms with E-state index in [9.17, 15) is 21.6 Å². The van der Waals surface area contributed by atoms with Crippen molar-refractivity contribution in [3.8, 4) is 0 Å². The minimum absolute atomic E-state index is 0.493. The molecule has 0 saturated heterocycles. The Balaban J connectivity index is 3.09. The van der Waals surface area contributed by atoms with E-state index in [0.717, 1.165) is 11.1 Å². The van der Waals surface area contributed by atoms with Gasteiger partial charge >= 0.3 is 15.6 Å². The molecule has 0 fully saturated rings. The minimum atomic E-state index is -5.56. The van der Waals surface area contributed by atoms with Gasteiger partial charge in [-0.05, 0) is 50.0 Å². The minimum Gasteiger partial charge on any atom is -0.251 e. The fraction of sp³-hybridized carbons (Fsp3) is 0.600. The van der Waals surface area contributed by atoms with Crippen molar-refractivity contribution < 1.29 is 25.8 Å². The Hall–Kier alpha value is -0.820. The Morgan fingerprint density at radius 2 is 1.35 bits per heavy atom. The number of allylic oxidation sites excluding steroid dienone is 2. The van der Waals surface area contributed by atoms with Gasteiger partial charge in [0.15, 0.2) is 0 Å². The maximum absolute atomic E-state index is 12.2. The number of halogens is 3. The molecule has 0 aromatic heterocycles. The van der Waals surface area contributed by atoms with Gasteiger partial charge in [0.05, 0.1) is 0 Å². The first-order valence-electron chi connectivity index (χ1n) is 4.83. The summed E-state index contributed by atoms with van der Waals surface area (Å²) >= 11 is 0. The van der Waals surface area contributed by atoms with Gasteiger partial charge in [-0.15, -0.1) is 0 Å². The van der Waals surface area contributed by atoms with E-state index < -0.39 is 21.7 Å². The Morgan fingerprint density at radius 3 is 1.65 bits per heavy atom. The fourth-order valence-electron chi connectivity index (χ4n) is 1.64. The van der Waals surface area contributed by atoms with Gasteiger partial charge in [0, 0.05) is 0 Å². The van der Waals surface area contributed by atoms with Gasteiger partial charge in [0.1, 0.15) is 6.10 Å². The van der Waals surface area contributed by atoms with Gasteiger partial charge in [0.2, 0.25) is 0 Å². The van der Waals surface area contributed by atoms with E-state index in [0.29, 0.717) is 11.1 Å². The molecule has 3 nitrogen and oxygen atoms in total. The number of alkyl halides is 3. The molecule has 0 bridgehead atoms. The van der Waals surface area contributed by atoms with Gasteiger partial charge in [-0.3, -0.25) is 4.18 Å². The van der Waals surface area contributed by atoms with Gasteiger partial charge < -0.3 is 0 Å². The number of hydrogen-bond donors (Lipinski definition) is 0. The molecule has 0 radical (unpaired) electrons. The van der Waals surface area contributed by atoms with Gasteiger partial charge in [-0.2, -0.15) is 21.6 Å². The fourth-order valence-corrected chi connectivity index (χ4v) is 2.29. The van der Waals surface area contributed by atoms with E-state index >= 15 is 0 Å². The summed E-state index contributed by atoms with van der Waals surface area (Å²) in [6.45, 7) is 6.56. The van der Waals surface area contributed by atoms with Crippen molar-refractivity contribution >= 4 is 10.1 Å². The third-order valence-corrected chi connectivity index (χ3v) is 4.05. The van der Waals surface area contributed by atoms with Crippen LogP contribution in [0.25, 0.3) is 0 Å². The highest BCUT2D eigenvalue weighted by molar-refractivity contribution is 7.87. The lowest BCUT2D eigenvalue weighted by atomic mass is 10.1. The van der Waals surface area contributed by atoms with Crippen LogP contribution in [0.1, 0.15) is 27.7 Å². The van der Waals surface area contributed by atoms with Gasteiger partial charge in [0.25, 0.3) is 0 Å². The predicted molar refractivity (Wildman–Crippen MR) is 56.6 cm³/mol. The highest BCUT2D eigenvalue weighted by Gasteiger charge is 2.49. The molecule has 0 aromatic carbocycles. The number of rotatable bonds is 2. The van der Waals surface area contributed by atoms with Gasteiger partial charge in [-0.1, -0.05) is 0 Å². The molecule has 1 rings (SSSR count). The van der Waals surface area contributed by atoms with E-state index in [1.807, 2.05) is 0 Å². The summed E-state index contributed by atoms with van der Waals surface area (Å²) in [5, 5.41) is 0. The number of hydrogen-bond acceptors (Lipinski definition) is 3. The molecule has 0 amide bonds. The van der Waals surface area contributed by atoms with E-state index in [1.165, 1.54) is 0 Å². The van der Waals surface area contributed by atoms with Crippen LogP contribution in [0.3, 0.4) is 0 Å². The SMILES string of the molecule is CC1=C(C)C(OS(=O)(=O)C(F)(F)F)C(C)=C1C. The van der Waals surface area contributed by atoms with Gasteiger partial charge in [-0.25, -0.2) is 0 Å². The molecule has 0 aromatic rings. The second kappa shape index (κ2) is 4.13. The van der Waals surface area contributed by atoms with Crippen LogP contribution in [0.5, 0.6) is 0 Å². The van der Waals surface area contributed by atoms with E-state index in [-0.39, 0.29) is 0 Å². The van der Waals surface area contributed by atoms with Crippen molar-refractivity contribution in [1.82, 2.24) is 0 Å². The van der Waals surface area contributed by atoms with Crippen LogP contribution >= 0.6 is 0 Å². The molecule has 17 heavy (non-hydrogen) atoms. The third-order valence-electron chi connectivity index (χ3n) is 3.04. The second-order valence-electron chi connectivity index (χ2n) is 3.99. The molecule has 0 atom stereocenters. The largest absolute Gasteiger partial charge is 0.523 e. The zero-order valence-corrected chi connectivity index (χ0v) is 10.7. The first kappa shape index (κ1) is 14.2. The molecule has 7 heteroatoms. The molecule has 0 N–H and O–H groups in total. The monoisotopic (exact) mass is 270 g/mol. The van der Waals surface area contributed by atoms with Crippen molar-refractivity contribution in [2.24, 2.45) is 0 Å². The molecule has 1 aliphatic rings. The molecular weight excluding hydrogens is 257 g/mol. The molecule has 0 unspecified atom stereocenters. The maximum Gasteiger partial charge on any atom is 0.523 e. The van der Waals surface area contributed by atoms with Crippen LogP contribution in [0.2, 0.25) is 0 Å². The van der Waals surface area contributed by atoms with Crippen molar-refractivity contribution in [1.29, 1.82) is 0 Å². The standard InChI is InChI=1S/C10H13F3O3S/c1-5-6(2)8(4)9(7(5)3)16-17(14,15)10(11,12)13/h9H,1-4H3. The van der Waals surface area contributed by atoms with Crippen molar-refractivity contribution in [3.63, 3.8) is 0 Å². The van der Waals surface area contributed by atoms with Crippen LogP contribution in [0, 0.1) is 0 Å². The van der Waals surface area contributed by atoms with Crippen molar-refractivity contribution in [3.05, 3.63) is 22.3 Å². The van der Waals surface area contributed by atoms with Crippen LogP contribution in [0.4, 0.5) is 13.2 Å². The normalized spacial score (nSPS) is 19.5. The summed E-state index contributed by atoms with van der Waals surface area (Å²) in [6, 6.07) is 0. The average Bonchev–Trinajstić information content (AvgIpc) is 2.34. The molecule has 0 aliphatic heterocycles. The summed E-state index contributed by atoms with van der Waals surface area (Å²) < 4.78 is 62.7. The quantitative estimate of drug-likeness (QED) is 0.572. The van der Waals surface area contributed by atoms with Crippen LogP contribution < -0.4 is 0 Å². The first-order valence-corrected chi connectivity index (χ1v) is 6.24. The lowest BCUT2D eigenvalue weighted by molar-refractivity contribution is -0.0553. The zero-order valence-electron chi connectivity index (χ0n) is 9.84. The Kier molecular flexibility index (Phi) is 3.46. The maximum atomic E-state index is 12.2. The molecule has 0 spiro atoms. The summed E-state index contributed by atoms with van der Waals surface area (Å²) in [4.78, 5) is 0. The van der Waals surface area contributed by atoms with E-state index in [4.69, 9.17) is 0 Å². The topological polar surface area (TPSA) is 43.4 Å². The molecule has 0 saturated carbocycles. The van der Waals surface area contributed by atoms with Crippen LogP contribution in [0.15, 0.2) is 22.3 Å². The second-order valence-corrected chi connectivity index (χ2v) is 5.56. The van der Waals surface area contributed by atoms with Crippen LogP contribution in [-0.2, 0) is 14.3 Å². The summed E-state index contributed by atoms with van der Waals surface area (Å²) in [7, 11) is -5.56. The predicted octanol–water partition coefficient (Wildman–Crippen LogP) is 2.91. The lowest BCUT2D eigenvalue weighted by Gasteiger charge is -2.17. The van der Waals surface area contributed by atoms with Crippen LogP contribution in [-0.4, -0.2) is 20.0 Å². The summed E-state index contributed by atoms with van der Waals surface area (Å²) in [6.07, 6.45) is -1.14. The van der Waals surface area contributed by atoms with Crippen molar-refractivity contribution in [2.45, 2.75) is 39.3 Å². The Morgan fingerprint density at radius 1 is 1.00 bits per heavy atom. The summed E-state index contributed by atoms with van der Waals surface area (Å²) in [5.41, 5.74) is -2.87. The van der Waals surface area contributed by atoms with E-state index in [2.05, 4.69) is 4.18 Å². The highest BCUT2D eigenvalue weighted by Crippen LogP contribution is 2.37. The first-order chi connectivity index (χ1) is 7.49. The van der Waals surface area contributed by atoms with Crippen molar-refractivity contribution in [2.75, 3.05) is 0 Å². The molecular formula is C10H13F3O3S. The summed E-state index contributed by atoms with van der Waals surface area (Å²) in [5.74, 6) is 0. The Bertz CT molecular complexity index is 473. The Labute approximate surface area is 98.1 Å². The molecule has 0 heterocycles. The molecule has 1 aliphatic carbocycles. The zero-order chi connectivity index (χ0) is 13.6. The smallest absolute Gasteiger partial charge is 0.251 e. The van der Waals surface area contributed by atoms with E-state index in [1.54, 1.807) is 27.7 Å². The lowest BCUT2D eigenvalue weighted by Crippen LogP contribution is -2.30. The highest BCUT2D eigenvalue weighted by atomic mass is 32.2. The average molecular weight is 270 g/mol. The third kappa shape index (κ3) is 2.40.